The maximum atomic E-state index is 12.1. The van der Waals surface area contributed by atoms with Gasteiger partial charge in [0, 0.05) is 12.8 Å². The van der Waals surface area contributed by atoms with E-state index < -0.39 is 22.6 Å². The van der Waals surface area contributed by atoms with Crippen LogP contribution in [0.3, 0.4) is 0 Å². The first kappa shape index (κ1) is 24.6. The van der Waals surface area contributed by atoms with Gasteiger partial charge in [-0.25, -0.2) is 4.18 Å². The van der Waals surface area contributed by atoms with Crippen molar-refractivity contribution in [3.05, 3.63) is 0 Å². The highest BCUT2D eigenvalue weighted by molar-refractivity contribution is 7.80. The van der Waals surface area contributed by atoms with Crippen LogP contribution in [0.5, 0.6) is 0 Å². The zero-order valence-corrected chi connectivity index (χ0v) is 20.4. The van der Waals surface area contributed by atoms with E-state index in [1.165, 1.54) is 0 Å². The molecule has 0 aromatic heterocycles. The van der Waals surface area contributed by atoms with Gasteiger partial charge in [0.25, 0.3) is 0 Å². The molecule has 0 bridgehead atoms. The lowest BCUT2D eigenvalue weighted by Crippen LogP contribution is -2.62. The smallest absolute Gasteiger partial charge is 0.393 e. The van der Waals surface area contributed by atoms with Crippen molar-refractivity contribution in [3.8, 4) is 0 Å². The molecule has 3 N–H and O–H groups in total. The highest BCUT2D eigenvalue weighted by Gasteiger charge is 2.65. The van der Waals surface area contributed by atoms with Crippen LogP contribution in [0.25, 0.3) is 0 Å². The Morgan fingerprint density at radius 1 is 1.16 bits per heavy atom. The van der Waals surface area contributed by atoms with E-state index >= 15 is 0 Å². The Labute approximate surface area is 192 Å². The fourth-order valence-electron chi connectivity index (χ4n) is 8.72. The normalized spacial score (nSPS) is 47.4. The molecule has 0 saturated heterocycles. The molecule has 0 radical (unpaired) electrons. The summed E-state index contributed by atoms with van der Waals surface area (Å²) in [5.41, 5.74) is -0.268. The van der Waals surface area contributed by atoms with Gasteiger partial charge < -0.3 is 10.2 Å². The van der Waals surface area contributed by atoms with Crippen molar-refractivity contribution in [2.24, 2.45) is 46.3 Å². The zero-order valence-electron chi connectivity index (χ0n) is 19.6. The first-order valence-electron chi connectivity index (χ1n) is 12.4. The van der Waals surface area contributed by atoms with E-state index in [1.807, 2.05) is 0 Å². The third kappa shape index (κ3) is 4.08. The number of carbonyl (C=O) groups is 1. The minimum absolute atomic E-state index is 0.0109. The second-order valence-corrected chi connectivity index (χ2v) is 12.8. The third-order valence-electron chi connectivity index (χ3n) is 10.4. The Morgan fingerprint density at radius 3 is 2.56 bits per heavy atom. The van der Waals surface area contributed by atoms with Crippen LogP contribution in [-0.4, -0.2) is 47.8 Å². The molecule has 0 aromatic carbocycles. The quantitative estimate of drug-likeness (QED) is 0.400. The molecule has 184 valence electrons. The van der Waals surface area contributed by atoms with Crippen LogP contribution in [0.15, 0.2) is 0 Å². The second kappa shape index (κ2) is 8.59. The van der Waals surface area contributed by atoms with Crippen LogP contribution in [0.4, 0.5) is 0 Å². The molecule has 32 heavy (non-hydrogen) atoms. The average molecular weight is 473 g/mol. The van der Waals surface area contributed by atoms with E-state index in [1.54, 1.807) is 0 Å². The number of aliphatic hydroxyl groups is 2. The van der Waals surface area contributed by atoms with Gasteiger partial charge in [0.1, 0.15) is 5.78 Å². The lowest BCUT2D eigenvalue weighted by atomic mass is 9.43. The Morgan fingerprint density at radius 2 is 1.88 bits per heavy atom. The maximum absolute atomic E-state index is 12.1. The molecule has 0 spiro atoms. The van der Waals surface area contributed by atoms with Crippen LogP contribution in [0.1, 0.15) is 78.6 Å². The van der Waals surface area contributed by atoms with Crippen molar-refractivity contribution in [3.63, 3.8) is 0 Å². The molecule has 4 fully saturated rings. The van der Waals surface area contributed by atoms with Gasteiger partial charge in [-0.15, -0.1) is 0 Å². The first-order chi connectivity index (χ1) is 14.9. The second-order valence-electron chi connectivity index (χ2n) is 11.7. The Bertz CT molecular complexity index is 828. The summed E-state index contributed by atoms with van der Waals surface area (Å²) in [6, 6.07) is 0. The number of ketones is 1. The molecule has 7 nitrogen and oxygen atoms in total. The standard InChI is InChI=1S/C24H40O7S/c1-14(5-4-10-31-32(28,29)30)17-6-7-18-22-19(13-21(27)24(17,18)3)23(2)9-8-16(25)11-15(23)12-20(22)26/h14-15,17-22,26-27H,4-13H2,1-3H3,(H,28,29,30)/t14-,15-,17-,18+,19?,20-,21+,22+,23+,24-/m1/s1. The van der Waals surface area contributed by atoms with Gasteiger partial charge in [-0.2, -0.15) is 8.42 Å². The van der Waals surface area contributed by atoms with Gasteiger partial charge in [-0.3, -0.25) is 9.35 Å². The molecule has 4 rings (SSSR count). The van der Waals surface area contributed by atoms with Crippen LogP contribution >= 0.6 is 0 Å². The lowest BCUT2D eigenvalue weighted by Gasteiger charge is -2.63. The number of aliphatic hydroxyl groups excluding tert-OH is 2. The number of Topliss-reactive ketones (excluding diaryl/α,β-unsaturated/α-hetero) is 1. The molecule has 8 heteroatoms. The predicted molar refractivity (Wildman–Crippen MR) is 119 cm³/mol. The van der Waals surface area contributed by atoms with E-state index in [0.29, 0.717) is 43.8 Å². The molecule has 4 aliphatic rings. The van der Waals surface area contributed by atoms with Crippen molar-refractivity contribution in [1.29, 1.82) is 0 Å². The van der Waals surface area contributed by atoms with Crippen LogP contribution in [-0.2, 0) is 19.4 Å². The van der Waals surface area contributed by atoms with E-state index in [-0.39, 0.29) is 47.0 Å². The monoisotopic (exact) mass is 472 g/mol. The minimum Gasteiger partial charge on any atom is -0.393 e. The molecule has 0 aromatic rings. The largest absolute Gasteiger partial charge is 0.397 e. The van der Waals surface area contributed by atoms with Gasteiger partial charge in [0.2, 0.25) is 0 Å². The van der Waals surface area contributed by atoms with Crippen molar-refractivity contribution < 1.29 is 32.2 Å². The topological polar surface area (TPSA) is 121 Å². The average Bonchev–Trinajstić information content (AvgIpc) is 3.05. The molecule has 0 amide bonds. The Kier molecular flexibility index (Phi) is 6.60. The summed E-state index contributed by atoms with van der Waals surface area (Å²) < 4.78 is 34.8. The SMILES string of the molecule is C[C@H](CCCOS(=O)(=O)O)[C@H]1CC[C@H]2[C@H]3C(C[C@H](O)[C@]12C)[C@@]1(C)CCC(=O)C[C@@H]1C[C@H]3O. The Hall–Kier alpha value is -0.540. The molecule has 1 unspecified atom stereocenters. The van der Waals surface area contributed by atoms with Gasteiger partial charge in [0.15, 0.2) is 0 Å². The summed E-state index contributed by atoms with van der Waals surface area (Å²) in [4.78, 5) is 12.1. The van der Waals surface area contributed by atoms with Crippen molar-refractivity contribution >= 4 is 16.2 Å². The summed E-state index contributed by atoms with van der Waals surface area (Å²) in [6.45, 7) is 6.62. The van der Waals surface area contributed by atoms with E-state index in [4.69, 9.17) is 4.55 Å². The summed E-state index contributed by atoms with van der Waals surface area (Å²) in [7, 11) is -4.41. The number of fused-ring (bicyclic) bond motifs is 5. The van der Waals surface area contributed by atoms with Gasteiger partial charge in [0.05, 0.1) is 18.8 Å². The molecule has 4 aliphatic carbocycles. The van der Waals surface area contributed by atoms with Gasteiger partial charge in [-0.1, -0.05) is 20.8 Å². The molecule has 4 saturated carbocycles. The number of carbonyl (C=O) groups excluding carboxylic acids is 1. The molecule has 0 aliphatic heterocycles. The lowest BCUT2D eigenvalue weighted by molar-refractivity contribution is -0.201. The number of hydrogen-bond donors (Lipinski definition) is 3. The predicted octanol–water partition coefficient (Wildman–Crippen LogP) is 3.39. The van der Waals surface area contributed by atoms with Gasteiger partial charge in [-0.05, 0) is 91.3 Å². The minimum atomic E-state index is -4.41. The maximum Gasteiger partial charge on any atom is 0.397 e. The Balaban J connectivity index is 1.51. The summed E-state index contributed by atoms with van der Waals surface area (Å²) in [5.74, 6) is 1.76. The van der Waals surface area contributed by atoms with E-state index in [2.05, 4.69) is 25.0 Å². The van der Waals surface area contributed by atoms with E-state index in [0.717, 1.165) is 25.7 Å². The zero-order chi connectivity index (χ0) is 23.5. The van der Waals surface area contributed by atoms with Crippen molar-refractivity contribution in [2.45, 2.75) is 90.8 Å². The molecule has 0 heterocycles. The van der Waals surface area contributed by atoms with Crippen LogP contribution < -0.4 is 0 Å². The fourth-order valence-corrected chi connectivity index (χ4v) is 9.04. The van der Waals surface area contributed by atoms with E-state index in [9.17, 15) is 23.4 Å². The van der Waals surface area contributed by atoms with Crippen LogP contribution in [0.2, 0.25) is 0 Å². The van der Waals surface area contributed by atoms with Gasteiger partial charge >= 0.3 is 10.4 Å². The third-order valence-corrected chi connectivity index (χ3v) is 10.9. The summed E-state index contributed by atoms with van der Waals surface area (Å²) >= 11 is 0. The summed E-state index contributed by atoms with van der Waals surface area (Å²) in [6.07, 6.45) is 5.84. The number of rotatable bonds is 6. The van der Waals surface area contributed by atoms with Crippen molar-refractivity contribution in [2.75, 3.05) is 6.61 Å². The molecular weight excluding hydrogens is 432 g/mol. The number of hydrogen-bond acceptors (Lipinski definition) is 6. The first-order valence-corrected chi connectivity index (χ1v) is 13.7. The van der Waals surface area contributed by atoms with Crippen LogP contribution in [0, 0.1) is 46.3 Å². The highest BCUT2D eigenvalue weighted by atomic mass is 32.3. The summed E-state index contributed by atoms with van der Waals surface area (Å²) in [5, 5.41) is 22.8. The van der Waals surface area contributed by atoms with Crippen molar-refractivity contribution in [1.82, 2.24) is 0 Å². The molecular formula is C24H40O7S. The molecule has 10 atom stereocenters. The fraction of sp³-hybridized carbons (Fsp3) is 0.958. The highest BCUT2D eigenvalue weighted by Crippen LogP contribution is 2.68.